The van der Waals surface area contributed by atoms with Crippen molar-refractivity contribution in [3.8, 4) is 0 Å². The smallest absolute Gasteiger partial charge is 0.242 e. The van der Waals surface area contributed by atoms with E-state index in [0.29, 0.717) is 12.5 Å². The molecule has 0 spiro atoms. The van der Waals surface area contributed by atoms with E-state index in [1.165, 1.54) is 0 Å². The van der Waals surface area contributed by atoms with Crippen molar-refractivity contribution < 1.29 is 4.79 Å². The number of nitrogens with one attached hydrogen (secondary N) is 1. The van der Waals surface area contributed by atoms with Gasteiger partial charge in [-0.1, -0.05) is 0 Å². The Kier molecular flexibility index (Phi) is 5.40. The number of imidazole rings is 1. The molecule has 0 saturated carbocycles. The molecule has 2 aromatic heterocycles. The van der Waals surface area contributed by atoms with Gasteiger partial charge in [-0.05, 0) is 31.6 Å². The molecule has 7 heteroatoms. The SMILES string of the molecule is CNc1cnc(C[C@@H]2CCCN(C(=O)Cn3ccnc3)CC2)cn1. The summed E-state index contributed by atoms with van der Waals surface area (Å²) in [7, 11) is 1.84. The van der Waals surface area contributed by atoms with Crippen molar-refractivity contribution >= 4 is 11.7 Å². The van der Waals surface area contributed by atoms with Crippen molar-refractivity contribution in [2.75, 3.05) is 25.5 Å². The van der Waals surface area contributed by atoms with E-state index in [1.54, 1.807) is 18.7 Å². The Labute approximate surface area is 142 Å². The minimum Gasteiger partial charge on any atom is -0.372 e. The number of rotatable bonds is 5. The summed E-state index contributed by atoms with van der Waals surface area (Å²) >= 11 is 0. The summed E-state index contributed by atoms with van der Waals surface area (Å²) in [6, 6.07) is 0. The van der Waals surface area contributed by atoms with Gasteiger partial charge in [0.25, 0.3) is 0 Å². The molecule has 1 amide bonds. The van der Waals surface area contributed by atoms with Gasteiger partial charge >= 0.3 is 0 Å². The molecule has 0 radical (unpaired) electrons. The number of hydrogen-bond donors (Lipinski definition) is 1. The van der Waals surface area contributed by atoms with Crippen LogP contribution in [0.1, 0.15) is 25.0 Å². The third-order valence-corrected chi connectivity index (χ3v) is 4.54. The molecule has 3 rings (SSSR count). The second-order valence-corrected chi connectivity index (χ2v) is 6.26. The van der Waals surface area contributed by atoms with Gasteiger partial charge in [0.1, 0.15) is 12.4 Å². The zero-order valence-corrected chi connectivity index (χ0v) is 14.1. The predicted molar refractivity (Wildman–Crippen MR) is 91.4 cm³/mol. The van der Waals surface area contributed by atoms with Gasteiger partial charge in [-0.2, -0.15) is 0 Å². The highest BCUT2D eigenvalue weighted by Crippen LogP contribution is 2.21. The topological polar surface area (TPSA) is 75.9 Å². The average molecular weight is 328 g/mol. The van der Waals surface area contributed by atoms with Crippen molar-refractivity contribution in [2.24, 2.45) is 5.92 Å². The molecule has 1 saturated heterocycles. The second-order valence-electron chi connectivity index (χ2n) is 6.26. The lowest BCUT2D eigenvalue weighted by Gasteiger charge is -2.20. The van der Waals surface area contributed by atoms with Crippen molar-refractivity contribution in [3.05, 3.63) is 36.8 Å². The Hall–Kier alpha value is -2.44. The van der Waals surface area contributed by atoms with Crippen molar-refractivity contribution in [2.45, 2.75) is 32.2 Å². The molecule has 128 valence electrons. The average Bonchev–Trinajstić information content (AvgIpc) is 3.00. The standard InChI is InChI=1S/C17H24N6O/c1-18-16-11-20-15(10-21-16)9-14-3-2-6-23(7-4-14)17(24)12-22-8-5-19-13-22/h5,8,10-11,13-14H,2-4,6-7,9,12H2,1H3,(H,18,21)/t14-/m1/s1. The van der Waals surface area contributed by atoms with Crippen LogP contribution in [0.2, 0.25) is 0 Å². The van der Waals surface area contributed by atoms with E-state index >= 15 is 0 Å². The molecule has 0 unspecified atom stereocenters. The van der Waals surface area contributed by atoms with Gasteiger partial charge in [0.2, 0.25) is 5.91 Å². The Bertz CT molecular complexity index is 640. The van der Waals surface area contributed by atoms with Crippen LogP contribution in [0, 0.1) is 5.92 Å². The molecular formula is C17H24N6O. The molecule has 1 aliphatic rings. The molecule has 1 atom stereocenters. The van der Waals surface area contributed by atoms with Crippen LogP contribution in [0.15, 0.2) is 31.1 Å². The van der Waals surface area contributed by atoms with Crippen LogP contribution < -0.4 is 5.32 Å². The van der Waals surface area contributed by atoms with Gasteiger partial charge in [0, 0.05) is 32.5 Å². The maximum Gasteiger partial charge on any atom is 0.242 e. The Morgan fingerprint density at radius 1 is 1.29 bits per heavy atom. The zero-order chi connectivity index (χ0) is 16.8. The van der Waals surface area contributed by atoms with Crippen LogP contribution in [0.25, 0.3) is 0 Å². The molecule has 1 fully saturated rings. The molecule has 3 heterocycles. The highest BCUT2D eigenvalue weighted by Gasteiger charge is 2.21. The number of likely N-dealkylation sites (tertiary alicyclic amines) is 1. The monoisotopic (exact) mass is 328 g/mol. The maximum atomic E-state index is 12.4. The van der Waals surface area contributed by atoms with E-state index in [4.69, 9.17) is 0 Å². The Morgan fingerprint density at radius 3 is 2.92 bits per heavy atom. The van der Waals surface area contributed by atoms with Crippen LogP contribution in [0.4, 0.5) is 5.82 Å². The lowest BCUT2D eigenvalue weighted by molar-refractivity contribution is -0.131. The summed E-state index contributed by atoms with van der Waals surface area (Å²) in [5, 5.41) is 2.98. The number of hydrogen-bond acceptors (Lipinski definition) is 5. The normalized spacial score (nSPS) is 18.2. The number of nitrogens with zero attached hydrogens (tertiary/aromatic N) is 5. The van der Waals surface area contributed by atoms with Crippen LogP contribution in [-0.2, 0) is 17.8 Å². The third kappa shape index (κ3) is 4.31. The molecule has 0 bridgehead atoms. The zero-order valence-electron chi connectivity index (χ0n) is 14.1. The first-order valence-electron chi connectivity index (χ1n) is 8.47. The number of carbonyl (C=O) groups excluding carboxylic acids is 1. The first kappa shape index (κ1) is 16.4. The molecular weight excluding hydrogens is 304 g/mol. The van der Waals surface area contributed by atoms with Gasteiger partial charge in [-0.3, -0.25) is 9.78 Å². The van der Waals surface area contributed by atoms with Crippen LogP contribution in [0.3, 0.4) is 0 Å². The quantitative estimate of drug-likeness (QED) is 0.902. The first-order chi connectivity index (χ1) is 11.7. The molecule has 1 aliphatic heterocycles. The molecule has 1 N–H and O–H groups in total. The van der Waals surface area contributed by atoms with Gasteiger partial charge in [0.05, 0.1) is 24.4 Å². The predicted octanol–water partition coefficient (Wildman–Crippen LogP) is 1.59. The van der Waals surface area contributed by atoms with Gasteiger partial charge in [0.15, 0.2) is 0 Å². The summed E-state index contributed by atoms with van der Waals surface area (Å²) in [6.45, 7) is 2.04. The number of aromatic nitrogens is 4. The highest BCUT2D eigenvalue weighted by atomic mass is 16.2. The van der Waals surface area contributed by atoms with E-state index in [9.17, 15) is 4.79 Å². The highest BCUT2D eigenvalue weighted by molar-refractivity contribution is 5.76. The molecule has 24 heavy (non-hydrogen) atoms. The van der Waals surface area contributed by atoms with Gasteiger partial charge in [-0.25, -0.2) is 9.97 Å². The summed E-state index contributed by atoms with van der Waals surface area (Å²) in [5.74, 6) is 1.52. The van der Waals surface area contributed by atoms with Crippen molar-refractivity contribution in [1.29, 1.82) is 0 Å². The molecule has 0 aromatic carbocycles. The minimum atomic E-state index is 0.173. The van der Waals surface area contributed by atoms with E-state index < -0.39 is 0 Å². The van der Waals surface area contributed by atoms with Crippen LogP contribution >= 0.6 is 0 Å². The van der Waals surface area contributed by atoms with E-state index in [2.05, 4.69) is 20.3 Å². The van der Waals surface area contributed by atoms with Gasteiger partial charge in [-0.15, -0.1) is 0 Å². The molecule has 2 aromatic rings. The number of anilines is 1. The van der Waals surface area contributed by atoms with E-state index in [1.807, 2.05) is 28.9 Å². The maximum absolute atomic E-state index is 12.4. The number of amides is 1. The third-order valence-electron chi connectivity index (χ3n) is 4.54. The van der Waals surface area contributed by atoms with E-state index in [-0.39, 0.29) is 5.91 Å². The van der Waals surface area contributed by atoms with Crippen LogP contribution in [-0.4, -0.2) is 50.5 Å². The molecule has 7 nitrogen and oxygen atoms in total. The Balaban J connectivity index is 1.51. The summed E-state index contributed by atoms with van der Waals surface area (Å²) in [4.78, 5) is 27.2. The second kappa shape index (κ2) is 7.90. The fourth-order valence-electron chi connectivity index (χ4n) is 3.14. The fraction of sp³-hybridized carbons (Fsp3) is 0.529. The minimum absolute atomic E-state index is 0.173. The Morgan fingerprint density at radius 2 is 2.21 bits per heavy atom. The van der Waals surface area contributed by atoms with Crippen LogP contribution in [0.5, 0.6) is 0 Å². The lowest BCUT2D eigenvalue weighted by atomic mass is 9.95. The summed E-state index contributed by atoms with van der Waals surface area (Å²) < 4.78 is 1.82. The summed E-state index contributed by atoms with van der Waals surface area (Å²) in [5.41, 5.74) is 1.03. The molecule has 0 aliphatic carbocycles. The number of carbonyl (C=O) groups is 1. The van der Waals surface area contributed by atoms with E-state index in [0.717, 1.165) is 50.3 Å². The first-order valence-corrected chi connectivity index (χ1v) is 8.47. The van der Waals surface area contributed by atoms with Crippen molar-refractivity contribution in [1.82, 2.24) is 24.4 Å². The van der Waals surface area contributed by atoms with Crippen molar-refractivity contribution in [3.63, 3.8) is 0 Å². The van der Waals surface area contributed by atoms with Gasteiger partial charge < -0.3 is 14.8 Å². The largest absolute Gasteiger partial charge is 0.372 e. The lowest BCUT2D eigenvalue weighted by Crippen LogP contribution is -2.34. The summed E-state index contributed by atoms with van der Waals surface area (Å²) in [6.07, 6.45) is 13.0. The fourth-order valence-corrected chi connectivity index (χ4v) is 3.14.